The van der Waals surface area contributed by atoms with Gasteiger partial charge in [0.15, 0.2) is 6.10 Å². The Morgan fingerprint density at radius 2 is 1.59 bits per heavy atom. The molecular formula is C27H26ClNO4S. The third-order valence-corrected chi connectivity index (χ3v) is 6.22. The Bertz CT molecular complexity index is 1150. The van der Waals surface area contributed by atoms with E-state index in [9.17, 15) is 14.4 Å². The molecule has 3 rings (SSSR count). The highest BCUT2D eigenvalue weighted by Gasteiger charge is 2.19. The molecular weight excluding hydrogens is 470 g/mol. The molecule has 0 aliphatic heterocycles. The molecule has 5 nitrogen and oxygen atoms in total. The van der Waals surface area contributed by atoms with Gasteiger partial charge in [-0.3, -0.25) is 14.4 Å². The molecule has 1 N–H and O–H groups in total. The van der Waals surface area contributed by atoms with E-state index in [4.69, 9.17) is 16.3 Å². The molecule has 3 aromatic rings. The molecule has 1 amide bonds. The topological polar surface area (TPSA) is 72.5 Å². The van der Waals surface area contributed by atoms with Gasteiger partial charge in [0.1, 0.15) is 0 Å². The number of halogens is 1. The zero-order valence-corrected chi connectivity index (χ0v) is 20.6. The largest absolute Gasteiger partial charge is 0.454 e. The average molecular weight is 496 g/mol. The van der Waals surface area contributed by atoms with E-state index in [-0.39, 0.29) is 24.5 Å². The highest BCUT2D eigenvalue weighted by Crippen LogP contribution is 2.28. The molecule has 0 aliphatic carbocycles. The molecule has 0 saturated heterocycles. The van der Waals surface area contributed by atoms with Gasteiger partial charge in [-0.25, -0.2) is 0 Å². The maximum absolute atomic E-state index is 12.4. The molecule has 3 aromatic carbocycles. The van der Waals surface area contributed by atoms with Crippen molar-refractivity contribution in [3.05, 3.63) is 88.9 Å². The maximum Gasteiger partial charge on any atom is 0.306 e. The van der Waals surface area contributed by atoms with Crippen molar-refractivity contribution in [2.24, 2.45) is 0 Å². The summed E-state index contributed by atoms with van der Waals surface area (Å²) in [6.07, 6.45) is -0.376. The lowest BCUT2D eigenvalue weighted by atomic mass is 10.1. The lowest BCUT2D eigenvalue weighted by Crippen LogP contribution is -2.24. The zero-order valence-electron chi connectivity index (χ0n) is 19.0. The van der Waals surface area contributed by atoms with Crippen LogP contribution < -0.4 is 5.32 Å². The molecule has 1 unspecified atom stereocenters. The van der Waals surface area contributed by atoms with E-state index in [1.807, 2.05) is 24.3 Å². The number of benzene rings is 3. The van der Waals surface area contributed by atoms with Crippen molar-refractivity contribution in [3.63, 3.8) is 0 Å². The number of esters is 1. The molecule has 7 heteroatoms. The number of amides is 1. The number of ketones is 1. The molecule has 0 aromatic heterocycles. The van der Waals surface area contributed by atoms with Crippen LogP contribution in [0.3, 0.4) is 0 Å². The van der Waals surface area contributed by atoms with Crippen LogP contribution in [0.5, 0.6) is 0 Å². The highest BCUT2D eigenvalue weighted by atomic mass is 35.5. The molecule has 0 fully saturated rings. The first-order chi connectivity index (χ1) is 16.3. The van der Waals surface area contributed by atoms with Crippen LogP contribution in [-0.2, 0) is 14.3 Å². The second kappa shape index (κ2) is 12.4. The Hall–Kier alpha value is -3.09. The van der Waals surface area contributed by atoms with Crippen molar-refractivity contribution >= 4 is 46.7 Å². The normalized spacial score (nSPS) is 11.5. The van der Waals surface area contributed by atoms with Gasteiger partial charge in [0.2, 0.25) is 11.7 Å². The molecule has 0 radical (unpaired) electrons. The van der Waals surface area contributed by atoms with Gasteiger partial charge in [0.25, 0.3) is 0 Å². The number of Topliss-reactive ketones (excluding diaryl/α,β-unsaturated/α-hetero) is 1. The Balaban J connectivity index is 1.38. The van der Waals surface area contributed by atoms with Crippen molar-refractivity contribution in [2.45, 2.75) is 49.0 Å². The van der Waals surface area contributed by atoms with Crippen molar-refractivity contribution in [1.82, 2.24) is 0 Å². The van der Waals surface area contributed by atoms with Crippen LogP contribution >= 0.6 is 23.4 Å². The molecule has 34 heavy (non-hydrogen) atoms. The predicted molar refractivity (Wildman–Crippen MR) is 136 cm³/mol. The van der Waals surface area contributed by atoms with E-state index in [0.717, 1.165) is 9.79 Å². The summed E-state index contributed by atoms with van der Waals surface area (Å²) in [5.74, 6) is -1.03. The second-order valence-electron chi connectivity index (χ2n) is 7.85. The van der Waals surface area contributed by atoms with Crippen molar-refractivity contribution < 1.29 is 19.1 Å². The maximum atomic E-state index is 12.4. The first-order valence-electron chi connectivity index (χ1n) is 10.9. The molecule has 0 heterocycles. The highest BCUT2D eigenvalue weighted by molar-refractivity contribution is 7.99. The van der Waals surface area contributed by atoms with Gasteiger partial charge in [-0.1, -0.05) is 53.2 Å². The fraction of sp³-hybridized carbons (Fsp3) is 0.222. The van der Waals surface area contributed by atoms with Crippen LogP contribution in [0.25, 0.3) is 0 Å². The van der Waals surface area contributed by atoms with E-state index in [1.54, 1.807) is 30.0 Å². The Kier molecular flexibility index (Phi) is 9.31. The molecule has 0 spiro atoms. The lowest BCUT2D eigenvalue weighted by Gasteiger charge is -2.12. The van der Waals surface area contributed by atoms with Crippen LogP contribution in [0.4, 0.5) is 5.69 Å². The molecule has 176 valence electrons. The smallest absolute Gasteiger partial charge is 0.306 e. The van der Waals surface area contributed by atoms with Gasteiger partial charge in [-0.2, -0.15) is 0 Å². The summed E-state index contributed by atoms with van der Waals surface area (Å²) in [7, 11) is 0. The summed E-state index contributed by atoms with van der Waals surface area (Å²) in [5.41, 5.74) is 2.30. The molecule has 1 atom stereocenters. The van der Waals surface area contributed by atoms with E-state index in [0.29, 0.717) is 22.7 Å². The van der Waals surface area contributed by atoms with Gasteiger partial charge >= 0.3 is 5.97 Å². The van der Waals surface area contributed by atoms with Gasteiger partial charge in [0.05, 0.1) is 0 Å². The predicted octanol–water partition coefficient (Wildman–Crippen LogP) is 6.72. The van der Waals surface area contributed by atoms with E-state index in [1.165, 1.54) is 18.6 Å². The number of anilines is 1. The first kappa shape index (κ1) is 25.5. The quantitative estimate of drug-likeness (QED) is 0.249. The minimum atomic E-state index is -0.920. The lowest BCUT2D eigenvalue weighted by molar-refractivity contribution is -0.146. The zero-order chi connectivity index (χ0) is 24.5. The summed E-state index contributed by atoms with van der Waals surface area (Å²) in [6, 6.07) is 22.4. The summed E-state index contributed by atoms with van der Waals surface area (Å²) in [6.45, 7) is 3.58. The van der Waals surface area contributed by atoms with Gasteiger partial charge in [-0.15, -0.1) is 0 Å². The van der Waals surface area contributed by atoms with Crippen molar-refractivity contribution in [2.75, 3.05) is 5.32 Å². The number of rotatable bonds is 10. The van der Waals surface area contributed by atoms with E-state index >= 15 is 0 Å². The number of ether oxygens (including phenoxy) is 1. The summed E-state index contributed by atoms with van der Waals surface area (Å²) in [4.78, 5) is 38.9. The van der Waals surface area contributed by atoms with E-state index < -0.39 is 12.1 Å². The Morgan fingerprint density at radius 1 is 0.941 bits per heavy atom. The fourth-order valence-electron chi connectivity index (χ4n) is 3.15. The van der Waals surface area contributed by atoms with Crippen LogP contribution in [0.15, 0.2) is 82.6 Å². The third kappa shape index (κ3) is 8.04. The number of aryl methyl sites for hydroxylation is 1. The van der Waals surface area contributed by atoms with Crippen LogP contribution in [-0.4, -0.2) is 23.8 Å². The van der Waals surface area contributed by atoms with E-state index in [2.05, 4.69) is 36.5 Å². The number of nitrogens with one attached hydrogen (secondary N) is 1. The molecule has 0 bridgehead atoms. The average Bonchev–Trinajstić information content (AvgIpc) is 2.81. The molecule has 0 saturated carbocycles. The third-order valence-electron chi connectivity index (χ3n) is 4.97. The Labute approximate surface area is 208 Å². The number of carbonyl (C=O) groups excluding carboxylic acids is 3. The van der Waals surface area contributed by atoms with Crippen LogP contribution in [0.1, 0.15) is 42.1 Å². The summed E-state index contributed by atoms with van der Waals surface area (Å²) in [5, 5.41) is 3.27. The van der Waals surface area contributed by atoms with Gasteiger partial charge in [0, 0.05) is 38.9 Å². The number of carbonyl (C=O) groups is 3. The van der Waals surface area contributed by atoms with Crippen LogP contribution in [0, 0.1) is 6.92 Å². The minimum absolute atomic E-state index is 0.0483. The fourth-order valence-corrected chi connectivity index (χ4v) is 4.16. The Morgan fingerprint density at radius 3 is 2.24 bits per heavy atom. The number of hydrogen-bond acceptors (Lipinski definition) is 5. The summed E-state index contributed by atoms with van der Waals surface area (Å²) < 4.78 is 5.21. The van der Waals surface area contributed by atoms with Crippen molar-refractivity contribution in [3.8, 4) is 0 Å². The monoisotopic (exact) mass is 495 g/mol. The number of hydrogen-bond donors (Lipinski definition) is 1. The summed E-state index contributed by atoms with van der Waals surface area (Å²) >= 11 is 7.55. The van der Waals surface area contributed by atoms with Crippen LogP contribution in [0.2, 0.25) is 5.02 Å². The van der Waals surface area contributed by atoms with Crippen molar-refractivity contribution in [1.29, 1.82) is 0 Å². The van der Waals surface area contributed by atoms with Gasteiger partial charge < -0.3 is 10.1 Å². The first-order valence-corrected chi connectivity index (χ1v) is 12.1. The molecule has 0 aliphatic rings. The standard InChI is InChI=1S/C27H26ClNO4S/c1-18-9-13-23(14-10-18)34-24-15-11-22(12-16-24)29-25(30)7-4-8-26(31)33-19(2)27(32)20-5-3-6-21(28)17-20/h3,5-6,9-17,19H,4,7-8H2,1-2H3,(H,29,30). The SMILES string of the molecule is Cc1ccc(Sc2ccc(NC(=O)CCCC(=O)OC(C)C(=O)c3cccc(Cl)c3)cc2)cc1. The minimum Gasteiger partial charge on any atom is -0.454 e. The second-order valence-corrected chi connectivity index (χ2v) is 9.43. The van der Waals surface area contributed by atoms with Gasteiger partial charge in [-0.05, 0) is 68.8 Å².